The molecule has 0 amide bonds. The number of ketones is 2. The zero-order valence-electron chi connectivity index (χ0n) is 15.3. The van der Waals surface area contributed by atoms with Crippen molar-refractivity contribution in [1.82, 2.24) is 0 Å². The molecule has 3 aliphatic carbocycles. The molecule has 3 nitrogen and oxygen atoms in total. The van der Waals surface area contributed by atoms with Gasteiger partial charge in [0.2, 0.25) is 0 Å². The first-order valence-corrected chi connectivity index (χ1v) is 9.43. The topological polar surface area (TPSA) is 43.4 Å². The zero-order valence-corrected chi connectivity index (χ0v) is 15.3. The second kappa shape index (κ2) is 6.39. The minimum Gasteiger partial charge on any atom is -0.497 e. The molecule has 1 aromatic carbocycles. The third-order valence-corrected chi connectivity index (χ3v) is 6.19. The van der Waals surface area contributed by atoms with Gasteiger partial charge >= 0.3 is 0 Å². The minimum absolute atomic E-state index is 0.0440. The van der Waals surface area contributed by atoms with E-state index in [1.54, 1.807) is 19.3 Å². The minimum atomic E-state index is -0.385. The van der Waals surface area contributed by atoms with E-state index in [0.717, 1.165) is 37.0 Å². The van der Waals surface area contributed by atoms with Gasteiger partial charge in [0.25, 0.3) is 0 Å². The highest BCUT2D eigenvalue weighted by molar-refractivity contribution is 6.05. The Kier molecular flexibility index (Phi) is 4.18. The Bertz CT molecular complexity index is 841. The summed E-state index contributed by atoms with van der Waals surface area (Å²) in [5.41, 5.74) is 3.11. The van der Waals surface area contributed by atoms with Gasteiger partial charge in [0.15, 0.2) is 11.6 Å². The first-order valence-electron chi connectivity index (χ1n) is 9.43. The standard InChI is InChI=1S/C23H24O3/c1-3-4-16-14-21(25)22-20(15-5-8-19(26-2)9-6-15)10-7-17-13-18(24)11-12-23(16,17)22/h5-6,8-9,11-14,20,22H,3-4,7,10H2,1-2H3/t20-,22-,23-/m1/s1. The van der Waals surface area contributed by atoms with E-state index in [1.807, 2.05) is 24.3 Å². The highest BCUT2D eigenvalue weighted by Crippen LogP contribution is 2.61. The molecular weight excluding hydrogens is 324 g/mol. The molecule has 4 rings (SSSR count). The van der Waals surface area contributed by atoms with Crippen LogP contribution < -0.4 is 4.74 Å². The Labute approximate surface area is 154 Å². The average molecular weight is 348 g/mol. The molecule has 1 fully saturated rings. The van der Waals surface area contributed by atoms with Crippen molar-refractivity contribution in [1.29, 1.82) is 0 Å². The van der Waals surface area contributed by atoms with Crippen molar-refractivity contribution in [3.8, 4) is 5.75 Å². The lowest BCUT2D eigenvalue weighted by Gasteiger charge is -2.46. The van der Waals surface area contributed by atoms with Crippen LogP contribution in [0.1, 0.15) is 44.1 Å². The zero-order chi connectivity index (χ0) is 18.3. The lowest BCUT2D eigenvalue weighted by Crippen LogP contribution is -2.41. The highest BCUT2D eigenvalue weighted by atomic mass is 16.5. The fraction of sp³-hybridized carbons (Fsp3) is 0.391. The molecule has 0 N–H and O–H groups in total. The maximum Gasteiger partial charge on any atom is 0.178 e. The second-order valence-electron chi connectivity index (χ2n) is 7.49. The van der Waals surface area contributed by atoms with Gasteiger partial charge in [-0.2, -0.15) is 0 Å². The summed E-state index contributed by atoms with van der Waals surface area (Å²) in [6.07, 6.45) is 11.0. The van der Waals surface area contributed by atoms with E-state index in [2.05, 4.69) is 19.1 Å². The maximum atomic E-state index is 13.1. The van der Waals surface area contributed by atoms with Crippen molar-refractivity contribution in [3.05, 3.63) is 65.3 Å². The molecule has 3 atom stereocenters. The second-order valence-corrected chi connectivity index (χ2v) is 7.49. The molecule has 26 heavy (non-hydrogen) atoms. The number of carbonyl (C=O) groups excluding carboxylic acids is 2. The highest BCUT2D eigenvalue weighted by Gasteiger charge is 2.56. The molecular formula is C23H24O3. The van der Waals surface area contributed by atoms with Crippen molar-refractivity contribution in [2.75, 3.05) is 7.11 Å². The lowest BCUT2D eigenvalue weighted by molar-refractivity contribution is -0.120. The van der Waals surface area contributed by atoms with Crippen molar-refractivity contribution in [2.24, 2.45) is 11.3 Å². The van der Waals surface area contributed by atoms with Gasteiger partial charge in [-0.1, -0.05) is 42.7 Å². The number of hydrogen-bond acceptors (Lipinski definition) is 3. The number of hydrogen-bond donors (Lipinski definition) is 0. The summed E-state index contributed by atoms with van der Waals surface area (Å²) >= 11 is 0. The van der Waals surface area contributed by atoms with Crippen LogP contribution in [0, 0.1) is 11.3 Å². The van der Waals surface area contributed by atoms with Gasteiger partial charge in [0, 0.05) is 11.3 Å². The third-order valence-electron chi connectivity index (χ3n) is 6.19. The van der Waals surface area contributed by atoms with Crippen LogP contribution in [-0.2, 0) is 9.59 Å². The van der Waals surface area contributed by atoms with Gasteiger partial charge in [0.1, 0.15) is 5.75 Å². The van der Waals surface area contributed by atoms with Crippen molar-refractivity contribution in [2.45, 2.75) is 38.5 Å². The first-order chi connectivity index (χ1) is 12.6. The number of carbonyl (C=O) groups is 2. The number of benzene rings is 1. The van der Waals surface area contributed by atoms with E-state index in [1.165, 1.54) is 11.1 Å². The number of rotatable bonds is 4. The smallest absolute Gasteiger partial charge is 0.178 e. The molecule has 1 spiro atoms. The Morgan fingerprint density at radius 1 is 1.15 bits per heavy atom. The molecule has 0 saturated heterocycles. The molecule has 0 bridgehead atoms. The van der Waals surface area contributed by atoms with Crippen LogP contribution in [0.4, 0.5) is 0 Å². The fourth-order valence-corrected chi connectivity index (χ4v) is 5.11. The Morgan fingerprint density at radius 2 is 1.92 bits per heavy atom. The monoisotopic (exact) mass is 348 g/mol. The summed E-state index contributed by atoms with van der Waals surface area (Å²) in [5.74, 6) is 1.10. The van der Waals surface area contributed by atoms with Gasteiger partial charge in [0.05, 0.1) is 7.11 Å². The van der Waals surface area contributed by atoms with E-state index in [-0.39, 0.29) is 28.8 Å². The predicted molar refractivity (Wildman–Crippen MR) is 101 cm³/mol. The molecule has 0 aliphatic heterocycles. The quantitative estimate of drug-likeness (QED) is 0.802. The number of ether oxygens (including phenoxy) is 1. The van der Waals surface area contributed by atoms with E-state index in [4.69, 9.17) is 4.74 Å². The van der Waals surface area contributed by atoms with E-state index >= 15 is 0 Å². The van der Waals surface area contributed by atoms with Gasteiger partial charge in [-0.05, 0) is 61.1 Å². The average Bonchev–Trinajstić information content (AvgIpc) is 2.94. The molecule has 1 saturated carbocycles. The summed E-state index contributed by atoms with van der Waals surface area (Å²) in [7, 11) is 1.66. The molecule has 3 aliphatic rings. The summed E-state index contributed by atoms with van der Waals surface area (Å²) in [6.45, 7) is 2.14. The molecule has 0 radical (unpaired) electrons. The Morgan fingerprint density at radius 3 is 2.62 bits per heavy atom. The first kappa shape index (κ1) is 17.0. The van der Waals surface area contributed by atoms with E-state index in [0.29, 0.717) is 0 Å². The van der Waals surface area contributed by atoms with Crippen LogP contribution in [0.25, 0.3) is 0 Å². The third kappa shape index (κ3) is 2.41. The SMILES string of the molecule is CCCC1=CC(=O)[C@H]2[C@@H](c3ccc(OC)cc3)CCC3=CC(=O)C=C[C@@]132. The molecule has 3 heteroatoms. The number of methoxy groups -OCH3 is 1. The summed E-state index contributed by atoms with van der Waals surface area (Å²) in [5, 5.41) is 0. The van der Waals surface area contributed by atoms with Crippen LogP contribution in [0.3, 0.4) is 0 Å². The van der Waals surface area contributed by atoms with Gasteiger partial charge in [-0.3, -0.25) is 9.59 Å². The predicted octanol–water partition coefficient (Wildman–Crippen LogP) is 4.55. The maximum absolute atomic E-state index is 13.1. The summed E-state index contributed by atoms with van der Waals surface area (Å²) < 4.78 is 5.27. The molecule has 0 heterocycles. The van der Waals surface area contributed by atoms with Crippen molar-refractivity contribution >= 4 is 11.6 Å². The van der Waals surface area contributed by atoms with Gasteiger partial charge in [-0.15, -0.1) is 0 Å². The summed E-state index contributed by atoms with van der Waals surface area (Å²) in [4.78, 5) is 25.1. The van der Waals surface area contributed by atoms with Crippen molar-refractivity contribution in [3.63, 3.8) is 0 Å². The molecule has 134 valence electrons. The van der Waals surface area contributed by atoms with Crippen LogP contribution in [0.15, 0.2) is 59.7 Å². The van der Waals surface area contributed by atoms with Crippen LogP contribution in [0.5, 0.6) is 5.75 Å². The Balaban J connectivity index is 1.80. The van der Waals surface area contributed by atoms with Crippen LogP contribution in [-0.4, -0.2) is 18.7 Å². The molecule has 1 aromatic rings. The summed E-state index contributed by atoms with van der Waals surface area (Å²) in [6, 6.07) is 8.09. The normalized spacial score (nSPS) is 29.8. The largest absolute Gasteiger partial charge is 0.497 e. The van der Waals surface area contributed by atoms with E-state index in [9.17, 15) is 9.59 Å². The van der Waals surface area contributed by atoms with Crippen LogP contribution in [0.2, 0.25) is 0 Å². The molecule has 0 unspecified atom stereocenters. The van der Waals surface area contributed by atoms with Gasteiger partial charge in [-0.25, -0.2) is 0 Å². The van der Waals surface area contributed by atoms with Crippen molar-refractivity contribution < 1.29 is 14.3 Å². The molecule has 0 aromatic heterocycles. The lowest BCUT2D eigenvalue weighted by atomic mass is 9.55. The van der Waals surface area contributed by atoms with Gasteiger partial charge < -0.3 is 4.74 Å². The number of allylic oxidation sites excluding steroid dienone is 6. The van der Waals surface area contributed by atoms with E-state index < -0.39 is 0 Å². The van der Waals surface area contributed by atoms with Crippen LogP contribution >= 0.6 is 0 Å². The fourth-order valence-electron chi connectivity index (χ4n) is 5.11. The Hall–Kier alpha value is -2.42.